The van der Waals surface area contributed by atoms with Crippen LogP contribution in [0.25, 0.3) is 0 Å². The Morgan fingerprint density at radius 1 is 1.29 bits per heavy atom. The van der Waals surface area contributed by atoms with E-state index < -0.39 is 22.0 Å². The zero-order valence-corrected chi connectivity index (χ0v) is 13.0. The summed E-state index contributed by atoms with van der Waals surface area (Å²) in [6.07, 6.45) is 0. The molecule has 2 rings (SSSR count). The topological polar surface area (TPSA) is 108 Å². The first-order valence-electron chi connectivity index (χ1n) is 5.12. The van der Waals surface area contributed by atoms with Gasteiger partial charge in [0.1, 0.15) is 5.00 Å². The normalized spacial score (nSPS) is 11.4. The van der Waals surface area contributed by atoms with Gasteiger partial charge in [0.2, 0.25) is 0 Å². The monoisotopic (exact) mass is 368 g/mol. The molecule has 1 aromatic heterocycles. The van der Waals surface area contributed by atoms with E-state index in [9.17, 15) is 17.8 Å². The van der Waals surface area contributed by atoms with Gasteiger partial charge in [0.05, 0.1) is 21.2 Å². The Kier molecular flexibility index (Phi) is 4.40. The fourth-order valence-corrected chi connectivity index (χ4v) is 4.03. The molecule has 7 nitrogen and oxygen atoms in total. The molecule has 1 aromatic carbocycles. The molecular formula is C10H6Cl2N2O5S2. The van der Waals surface area contributed by atoms with Crippen LogP contribution >= 0.6 is 34.5 Å². The largest absolute Gasteiger partial charge is 0.476 e. The van der Waals surface area contributed by atoms with E-state index in [0.717, 1.165) is 5.51 Å². The lowest BCUT2D eigenvalue weighted by Gasteiger charge is -2.21. The second-order valence-electron chi connectivity index (χ2n) is 3.62. The summed E-state index contributed by atoms with van der Waals surface area (Å²) in [6, 6.07) is 4.17. The Morgan fingerprint density at radius 3 is 2.33 bits per heavy atom. The predicted molar refractivity (Wildman–Crippen MR) is 79.2 cm³/mol. The number of carboxylic acids is 1. The number of rotatable bonds is 4. The van der Waals surface area contributed by atoms with Crippen LogP contribution in [0.4, 0.5) is 10.7 Å². The molecule has 0 fully saturated rings. The van der Waals surface area contributed by atoms with Crippen molar-refractivity contribution < 1.29 is 22.9 Å². The lowest BCUT2D eigenvalue weighted by molar-refractivity contribution is 0.0692. The van der Waals surface area contributed by atoms with Gasteiger partial charge in [-0.3, -0.25) is 4.55 Å². The summed E-state index contributed by atoms with van der Waals surface area (Å²) in [5, 5.41) is 8.54. The van der Waals surface area contributed by atoms with Crippen molar-refractivity contribution in [3.05, 3.63) is 39.4 Å². The molecule has 0 atom stereocenters. The number of carbonyl (C=O) groups is 1. The highest BCUT2D eigenvalue weighted by molar-refractivity contribution is 7.87. The van der Waals surface area contributed by atoms with E-state index in [1.54, 1.807) is 0 Å². The molecule has 2 aromatic rings. The van der Waals surface area contributed by atoms with Crippen LogP contribution in [0.5, 0.6) is 0 Å². The summed E-state index contributed by atoms with van der Waals surface area (Å²) in [6.45, 7) is 0. The second-order valence-corrected chi connectivity index (χ2v) is 6.53. The number of carboxylic acid groups (broad SMARTS) is 1. The summed E-state index contributed by atoms with van der Waals surface area (Å²) < 4.78 is 33.1. The van der Waals surface area contributed by atoms with Crippen molar-refractivity contribution in [1.82, 2.24) is 4.98 Å². The van der Waals surface area contributed by atoms with Crippen molar-refractivity contribution in [3.63, 3.8) is 0 Å². The number of hydrogen-bond donors (Lipinski definition) is 2. The Bertz CT molecular complexity index is 785. The molecule has 0 aliphatic heterocycles. The van der Waals surface area contributed by atoms with Crippen LogP contribution in [0.2, 0.25) is 10.0 Å². The first-order chi connectivity index (χ1) is 9.73. The summed E-state index contributed by atoms with van der Waals surface area (Å²) in [4.78, 5) is 14.6. The van der Waals surface area contributed by atoms with E-state index >= 15 is 0 Å². The van der Waals surface area contributed by atoms with E-state index in [-0.39, 0.29) is 20.7 Å². The van der Waals surface area contributed by atoms with Gasteiger partial charge in [-0.25, -0.2) is 14.1 Å². The molecule has 0 saturated carbocycles. The molecule has 0 saturated heterocycles. The summed E-state index contributed by atoms with van der Waals surface area (Å²) in [5.41, 5.74) is 0.325. The third-order valence-corrected chi connectivity index (χ3v) is 4.67. The average Bonchev–Trinajstić information content (AvgIpc) is 2.81. The van der Waals surface area contributed by atoms with Gasteiger partial charge in [-0.1, -0.05) is 29.3 Å². The Morgan fingerprint density at radius 2 is 1.86 bits per heavy atom. The molecule has 0 aliphatic carbocycles. The highest BCUT2D eigenvalue weighted by Gasteiger charge is 2.32. The summed E-state index contributed by atoms with van der Waals surface area (Å²) in [7, 11) is -4.87. The van der Waals surface area contributed by atoms with Crippen LogP contribution in [-0.2, 0) is 10.3 Å². The van der Waals surface area contributed by atoms with E-state index in [1.165, 1.54) is 18.2 Å². The first kappa shape index (κ1) is 16.0. The molecule has 0 radical (unpaired) electrons. The number of benzene rings is 1. The molecule has 0 aliphatic rings. The van der Waals surface area contributed by atoms with Crippen molar-refractivity contribution >= 4 is 61.5 Å². The zero-order chi connectivity index (χ0) is 15.8. The maximum absolute atomic E-state index is 11.7. The molecular weight excluding hydrogens is 363 g/mol. The van der Waals surface area contributed by atoms with Crippen molar-refractivity contribution in [2.45, 2.75) is 0 Å². The molecule has 11 heteroatoms. The van der Waals surface area contributed by atoms with E-state index in [4.69, 9.17) is 28.3 Å². The van der Waals surface area contributed by atoms with Crippen molar-refractivity contribution in [3.8, 4) is 0 Å². The van der Waals surface area contributed by atoms with Crippen LogP contribution in [0.1, 0.15) is 10.5 Å². The Hall–Kier alpha value is -1.39. The standard InChI is InChI=1S/C10H6Cl2N2O5S2/c11-5-2-1-3-6(12)8(5)14(21(17,18)19)9-7(10(15)16)13-4-20-9/h1-4H,(H,15,16)(H,17,18,19). The summed E-state index contributed by atoms with van der Waals surface area (Å²) in [5.74, 6) is -1.46. The van der Waals surface area contributed by atoms with Gasteiger partial charge in [0.25, 0.3) is 0 Å². The number of aromatic carboxylic acids is 1. The summed E-state index contributed by atoms with van der Waals surface area (Å²) >= 11 is 12.5. The quantitative estimate of drug-likeness (QED) is 0.802. The molecule has 1 heterocycles. The van der Waals surface area contributed by atoms with Gasteiger partial charge < -0.3 is 5.11 Å². The van der Waals surface area contributed by atoms with Crippen LogP contribution < -0.4 is 4.31 Å². The molecule has 112 valence electrons. The van der Waals surface area contributed by atoms with Crippen molar-refractivity contribution in [2.75, 3.05) is 4.31 Å². The number of thiazole rings is 1. The fraction of sp³-hybridized carbons (Fsp3) is 0. The molecule has 0 amide bonds. The maximum Gasteiger partial charge on any atom is 0.365 e. The van der Waals surface area contributed by atoms with Gasteiger partial charge in [0.15, 0.2) is 5.69 Å². The minimum atomic E-state index is -4.87. The number of nitrogens with zero attached hydrogens (tertiary/aromatic N) is 2. The smallest absolute Gasteiger partial charge is 0.365 e. The number of hydrogen-bond acceptors (Lipinski definition) is 5. The predicted octanol–water partition coefficient (Wildman–Crippen LogP) is 3.09. The van der Waals surface area contributed by atoms with Crippen LogP contribution in [-0.4, -0.2) is 29.0 Å². The lowest BCUT2D eigenvalue weighted by atomic mass is 10.3. The zero-order valence-electron chi connectivity index (χ0n) is 9.90. The molecule has 2 N–H and O–H groups in total. The second kappa shape index (κ2) is 5.78. The van der Waals surface area contributed by atoms with Crippen molar-refractivity contribution in [1.29, 1.82) is 0 Å². The average molecular weight is 369 g/mol. The third-order valence-electron chi connectivity index (χ3n) is 2.31. The highest BCUT2D eigenvalue weighted by Crippen LogP contribution is 2.42. The molecule has 0 spiro atoms. The van der Waals surface area contributed by atoms with Crippen LogP contribution in [0.3, 0.4) is 0 Å². The van der Waals surface area contributed by atoms with E-state index in [2.05, 4.69) is 4.98 Å². The number of aromatic nitrogens is 1. The molecule has 21 heavy (non-hydrogen) atoms. The number of halogens is 2. The van der Waals surface area contributed by atoms with Crippen LogP contribution in [0, 0.1) is 0 Å². The highest BCUT2D eigenvalue weighted by atomic mass is 35.5. The minimum absolute atomic E-state index is 0.0788. The van der Waals surface area contributed by atoms with E-state index in [0.29, 0.717) is 15.6 Å². The van der Waals surface area contributed by atoms with Crippen LogP contribution in [0.15, 0.2) is 23.7 Å². The van der Waals surface area contributed by atoms with Gasteiger partial charge in [0, 0.05) is 0 Å². The Labute approximate surface area is 133 Å². The molecule has 0 bridgehead atoms. The first-order valence-corrected chi connectivity index (χ1v) is 8.15. The molecule has 0 unspecified atom stereocenters. The Balaban J connectivity index is 2.78. The maximum atomic E-state index is 11.7. The fourth-order valence-electron chi connectivity index (χ4n) is 1.54. The van der Waals surface area contributed by atoms with Gasteiger partial charge in [-0.15, -0.1) is 11.3 Å². The van der Waals surface area contributed by atoms with E-state index in [1.807, 2.05) is 0 Å². The van der Waals surface area contributed by atoms with Gasteiger partial charge in [-0.05, 0) is 12.1 Å². The lowest BCUT2D eigenvalue weighted by Crippen LogP contribution is -2.26. The SMILES string of the molecule is O=C(O)c1ncsc1N(c1c(Cl)cccc1Cl)S(=O)(=O)O. The minimum Gasteiger partial charge on any atom is -0.476 e. The van der Waals surface area contributed by atoms with Crippen molar-refractivity contribution in [2.24, 2.45) is 0 Å². The van der Waals surface area contributed by atoms with Gasteiger partial charge in [-0.2, -0.15) is 8.42 Å². The van der Waals surface area contributed by atoms with Gasteiger partial charge >= 0.3 is 16.3 Å². The third kappa shape index (κ3) is 3.11. The number of para-hydroxylation sites is 1. The number of anilines is 2.